The van der Waals surface area contributed by atoms with Gasteiger partial charge in [-0.1, -0.05) is 0 Å². The summed E-state index contributed by atoms with van der Waals surface area (Å²) in [5.74, 6) is -0.538. The summed E-state index contributed by atoms with van der Waals surface area (Å²) in [6, 6.07) is 0. The highest BCUT2D eigenvalue weighted by Crippen LogP contribution is 1.91. The van der Waals surface area contributed by atoms with Gasteiger partial charge >= 0.3 is 0 Å². The molecule has 104 valence electrons. The van der Waals surface area contributed by atoms with E-state index in [0.717, 1.165) is 0 Å². The molecule has 8 nitrogen and oxygen atoms in total. The van der Waals surface area contributed by atoms with E-state index < -0.39 is 34.7 Å². The minimum Gasteiger partial charge on any atom is -0.394 e. The molecular weight excluding hydrogens is 256 g/mol. The van der Waals surface area contributed by atoms with Crippen molar-refractivity contribution in [3.63, 3.8) is 0 Å². The molecule has 9 heteroatoms. The summed E-state index contributed by atoms with van der Waals surface area (Å²) in [5.41, 5.74) is 0. The summed E-state index contributed by atoms with van der Waals surface area (Å²) < 4.78 is 38.6. The van der Waals surface area contributed by atoms with Gasteiger partial charge in [0, 0.05) is 0 Å². The number of rotatable bonds is 10. The van der Waals surface area contributed by atoms with E-state index in [2.05, 4.69) is 0 Å². The Labute approximate surface area is 99.5 Å². The van der Waals surface area contributed by atoms with Crippen molar-refractivity contribution in [1.29, 1.82) is 0 Å². The Kier molecular flexibility index (Phi) is 8.60. The molecule has 0 aliphatic heterocycles. The zero-order valence-electron chi connectivity index (χ0n) is 9.23. The number of hydrogen-bond acceptors (Lipinski definition) is 7. The number of ether oxygens (including phenoxy) is 2. The Bertz CT molecular complexity index is 277. The molecule has 0 aliphatic rings. The van der Waals surface area contributed by atoms with Crippen molar-refractivity contribution in [3.8, 4) is 0 Å². The van der Waals surface area contributed by atoms with Gasteiger partial charge in [-0.2, -0.15) is 8.42 Å². The molecule has 0 saturated heterocycles. The van der Waals surface area contributed by atoms with E-state index in [0.29, 0.717) is 0 Å². The van der Waals surface area contributed by atoms with Crippen LogP contribution in [-0.4, -0.2) is 79.3 Å². The summed E-state index contributed by atoms with van der Waals surface area (Å²) in [4.78, 5) is 0. The lowest BCUT2D eigenvalue weighted by atomic mass is 10.4. The normalized spacial score (nSPS) is 15.8. The second-order valence-corrected chi connectivity index (χ2v) is 4.96. The first-order chi connectivity index (χ1) is 7.85. The molecule has 0 radical (unpaired) electrons. The summed E-state index contributed by atoms with van der Waals surface area (Å²) in [6.07, 6.45) is -1.97. The predicted molar refractivity (Wildman–Crippen MR) is 57.2 cm³/mol. The van der Waals surface area contributed by atoms with Crippen LogP contribution in [0.2, 0.25) is 0 Å². The molecule has 0 bridgehead atoms. The summed E-state index contributed by atoms with van der Waals surface area (Å²) in [5, 5.41) is 26.6. The standard InChI is InChI=1S/C8H18O8S/c9-3-7(10)4-16-6-8(11)5-15-1-2-17(12,13)14/h7-11H,1-6H2,(H,12,13,14). The molecule has 0 aromatic heterocycles. The molecule has 0 saturated carbocycles. The van der Waals surface area contributed by atoms with Gasteiger partial charge in [-0.3, -0.25) is 4.55 Å². The van der Waals surface area contributed by atoms with E-state index in [4.69, 9.17) is 24.2 Å². The topological polar surface area (TPSA) is 134 Å². The van der Waals surface area contributed by atoms with Crippen molar-refractivity contribution in [1.82, 2.24) is 0 Å². The van der Waals surface area contributed by atoms with Crippen molar-refractivity contribution in [3.05, 3.63) is 0 Å². The van der Waals surface area contributed by atoms with Crippen LogP contribution in [0.25, 0.3) is 0 Å². The third-order valence-electron chi connectivity index (χ3n) is 1.63. The summed E-state index contributed by atoms with van der Waals surface area (Å²) >= 11 is 0. The van der Waals surface area contributed by atoms with Gasteiger partial charge in [0.25, 0.3) is 10.1 Å². The van der Waals surface area contributed by atoms with Gasteiger partial charge in [0.05, 0.1) is 38.8 Å². The molecular formula is C8H18O8S. The molecule has 0 aromatic carbocycles. The van der Waals surface area contributed by atoms with Crippen molar-refractivity contribution >= 4 is 10.1 Å². The smallest absolute Gasteiger partial charge is 0.267 e. The molecule has 0 rings (SSSR count). The van der Waals surface area contributed by atoms with Crippen LogP contribution in [0, 0.1) is 0 Å². The first-order valence-corrected chi connectivity index (χ1v) is 6.53. The van der Waals surface area contributed by atoms with E-state index in [1.807, 2.05) is 0 Å². The van der Waals surface area contributed by atoms with Gasteiger partial charge in [0.15, 0.2) is 0 Å². The molecule has 4 N–H and O–H groups in total. The van der Waals surface area contributed by atoms with Gasteiger partial charge in [-0.25, -0.2) is 0 Å². The third-order valence-corrected chi connectivity index (χ3v) is 2.31. The van der Waals surface area contributed by atoms with Crippen molar-refractivity contribution in [2.45, 2.75) is 12.2 Å². The quantitative estimate of drug-likeness (QED) is 0.256. The Morgan fingerprint density at radius 3 is 2.06 bits per heavy atom. The minimum absolute atomic E-state index is 0.108. The van der Waals surface area contributed by atoms with Crippen LogP contribution in [-0.2, 0) is 19.6 Å². The first kappa shape index (κ1) is 16.7. The van der Waals surface area contributed by atoms with E-state index in [1.54, 1.807) is 0 Å². The SMILES string of the molecule is O=S(=O)(O)CCOCC(O)COCC(O)CO. The van der Waals surface area contributed by atoms with Crippen LogP contribution in [0.15, 0.2) is 0 Å². The fraction of sp³-hybridized carbons (Fsp3) is 1.00. The predicted octanol–water partition coefficient (Wildman–Crippen LogP) is -2.38. The first-order valence-electron chi connectivity index (χ1n) is 4.92. The summed E-state index contributed by atoms with van der Waals surface area (Å²) in [6.45, 7) is -1.03. The molecule has 2 atom stereocenters. The maximum Gasteiger partial charge on any atom is 0.267 e. The highest BCUT2D eigenvalue weighted by atomic mass is 32.2. The lowest BCUT2D eigenvalue weighted by Crippen LogP contribution is -2.27. The van der Waals surface area contributed by atoms with Crippen LogP contribution in [0.5, 0.6) is 0 Å². The average Bonchev–Trinajstić information content (AvgIpc) is 2.23. The zero-order chi connectivity index (χ0) is 13.3. The second kappa shape index (κ2) is 8.75. The molecule has 0 fully saturated rings. The minimum atomic E-state index is -4.05. The average molecular weight is 274 g/mol. The Morgan fingerprint density at radius 2 is 1.53 bits per heavy atom. The van der Waals surface area contributed by atoms with Crippen LogP contribution in [0.1, 0.15) is 0 Å². The molecule has 0 amide bonds. The van der Waals surface area contributed by atoms with Crippen LogP contribution in [0.4, 0.5) is 0 Å². The Morgan fingerprint density at radius 1 is 1.00 bits per heavy atom. The van der Waals surface area contributed by atoms with Gasteiger partial charge in [0.2, 0.25) is 0 Å². The zero-order valence-corrected chi connectivity index (χ0v) is 10.0. The van der Waals surface area contributed by atoms with E-state index in [-0.39, 0.29) is 26.4 Å². The maximum absolute atomic E-state index is 10.3. The lowest BCUT2D eigenvalue weighted by molar-refractivity contribution is -0.0464. The fourth-order valence-electron chi connectivity index (χ4n) is 0.825. The molecule has 0 spiro atoms. The molecule has 0 aliphatic carbocycles. The maximum atomic E-state index is 10.3. The highest BCUT2D eigenvalue weighted by molar-refractivity contribution is 7.85. The third kappa shape index (κ3) is 12.0. The van der Waals surface area contributed by atoms with Crippen LogP contribution >= 0.6 is 0 Å². The number of hydrogen-bond donors (Lipinski definition) is 4. The highest BCUT2D eigenvalue weighted by Gasteiger charge is 2.09. The van der Waals surface area contributed by atoms with Crippen molar-refractivity contribution in [2.75, 3.05) is 38.8 Å². The van der Waals surface area contributed by atoms with Crippen molar-refractivity contribution < 1.29 is 37.8 Å². The lowest BCUT2D eigenvalue weighted by Gasteiger charge is -2.13. The molecule has 17 heavy (non-hydrogen) atoms. The summed E-state index contributed by atoms with van der Waals surface area (Å²) in [7, 11) is -4.05. The van der Waals surface area contributed by atoms with E-state index in [1.165, 1.54) is 0 Å². The molecule has 0 aromatic rings. The molecule has 2 unspecified atom stereocenters. The fourth-order valence-corrected chi connectivity index (χ4v) is 1.15. The number of aliphatic hydroxyl groups excluding tert-OH is 3. The van der Waals surface area contributed by atoms with Gasteiger partial charge in [-0.15, -0.1) is 0 Å². The monoisotopic (exact) mass is 274 g/mol. The van der Waals surface area contributed by atoms with E-state index in [9.17, 15) is 13.5 Å². The van der Waals surface area contributed by atoms with Gasteiger partial charge < -0.3 is 24.8 Å². The van der Waals surface area contributed by atoms with Crippen LogP contribution < -0.4 is 0 Å². The van der Waals surface area contributed by atoms with Gasteiger partial charge in [0.1, 0.15) is 12.2 Å². The van der Waals surface area contributed by atoms with Crippen molar-refractivity contribution in [2.24, 2.45) is 0 Å². The number of aliphatic hydroxyl groups is 3. The Balaban J connectivity index is 3.44. The largest absolute Gasteiger partial charge is 0.394 e. The van der Waals surface area contributed by atoms with Gasteiger partial charge in [-0.05, 0) is 0 Å². The van der Waals surface area contributed by atoms with E-state index >= 15 is 0 Å². The Hall–Kier alpha value is -0.290. The second-order valence-electron chi connectivity index (χ2n) is 3.39. The molecule has 0 heterocycles. The van der Waals surface area contributed by atoms with Crippen LogP contribution in [0.3, 0.4) is 0 Å².